The number of hydrogen-bond donors (Lipinski definition) is 3. The minimum Gasteiger partial charge on any atom is -0.462 e. The van der Waals surface area contributed by atoms with Crippen molar-refractivity contribution in [3.63, 3.8) is 0 Å². The van der Waals surface area contributed by atoms with Gasteiger partial charge in [-0.1, -0.05) is 209 Å². The lowest BCUT2D eigenvalue weighted by molar-refractivity contribution is -0.151. The van der Waals surface area contributed by atoms with Crippen LogP contribution in [0.15, 0.2) is 72.9 Å². The van der Waals surface area contributed by atoms with Crippen LogP contribution in [0.1, 0.15) is 213 Å². The molecule has 0 radical (unpaired) electrons. The third kappa shape index (κ3) is 39.9. The molecule has 0 aliphatic rings. The van der Waals surface area contributed by atoms with Crippen molar-refractivity contribution in [3.05, 3.63) is 72.9 Å². The van der Waals surface area contributed by atoms with Crippen molar-refractivity contribution >= 4 is 11.9 Å². The first kappa shape index (κ1) is 54.3. The summed E-state index contributed by atoms with van der Waals surface area (Å²) in [5, 5.41) is 23.6. The van der Waals surface area contributed by atoms with E-state index in [9.17, 15) is 19.8 Å². The molecular weight excluding hydrogens is 707 g/mol. The molecule has 0 spiro atoms. The van der Waals surface area contributed by atoms with E-state index in [4.69, 9.17) is 4.74 Å². The monoisotopic (exact) mass is 796 g/mol. The van der Waals surface area contributed by atoms with Crippen molar-refractivity contribution in [1.29, 1.82) is 0 Å². The fourth-order valence-electron chi connectivity index (χ4n) is 6.75. The molecule has 0 aromatic heterocycles. The van der Waals surface area contributed by atoms with E-state index < -0.39 is 18.2 Å². The van der Waals surface area contributed by atoms with Crippen molar-refractivity contribution in [2.75, 3.05) is 6.61 Å². The Morgan fingerprint density at radius 1 is 0.509 bits per heavy atom. The Labute approximate surface area is 351 Å². The number of aliphatic hydroxyl groups excluding tert-OH is 2. The summed E-state index contributed by atoms with van der Waals surface area (Å²) in [5.41, 5.74) is 0. The summed E-state index contributed by atoms with van der Waals surface area (Å²) in [6, 6.07) is -0.715. The van der Waals surface area contributed by atoms with Crippen LogP contribution in [0.4, 0.5) is 0 Å². The van der Waals surface area contributed by atoms with Crippen molar-refractivity contribution in [3.8, 4) is 0 Å². The van der Waals surface area contributed by atoms with Crippen LogP contribution < -0.4 is 5.32 Å². The summed E-state index contributed by atoms with van der Waals surface area (Å²) >= 11 is 0. The molecule has 6 nitrogen and oxygen atoms in total. The zero-order chi connectivity index (χ0) is 41.7. The van der Waals surface area contributed by atoms with Gasteiger partial charge in [0.15, 0.2) is 0 Å². The average molecular weight is 796 g/mol. The third-order valence-electron chi connectivity index (χ3n) is 10.4. The van der Waals surface area contributed by atoms with E-state index in [1.807, 2.05) is 24.3 Å². The van der Waals surface area contributed by atoms with Crippen molar-refractivity contribution < 1.29 is 24.5 Å². The number of ether oxygens (including phenoxy) is 1. The molecule has 3 N–H and O–H groups in total. The van der Waals surface area contributed by atoms with Gasteiger partial charge in [0.1, 0.15) is 6.10 Å². The summed E-state index contributed by atoms with van der Waals surface area (Å²) in [5.74, 6) is -0.539. The van der Waals surface area contributed by atoms with Crippen molar-refractivity contribution in [1.82, 2.24) is 5.32 Å². The first-order valence-corrected chi connectivity index (χ1v) is 23.7. The SMILES string of the molecule is CCC/C=C/C=C/C=C/C=C/C=C/CCCCCCCC(=O)OC(CCC/C=C\CCCCCCCC)CC(=O)NC(CO)C(O)CCCCCCCCCCC. The summed E-state index contributed by atoms with van der Waals surface area (Å²) in [4.78, 5) is 26.0. The maximum Gasteiger partial charge on any atom is 0.306 e. The van der Waals surface area contributed by atoms with E-state index in [2.05, 4.69) is 74.7 Å². The molecule has 0 aromatic rings. The minimum absolute atomic E-state index is 0.0429. The zero-order valence-corrected chi connectivity index (χ0v) is 37.2. The van der Waals surface area contributed by atoms with Crippen molar-refractivity contribution in [2.45, 2.75) is 232 Å². The maximum absolute atomic E-state index is 13.1. The van der Waals surface area contributed by atoms with E-state index in [0.717, 1.165) is 83.5 Å². The maximum atomic E-state index is 13.1. The molecule has 0 bridgehead atoms. The second kappa shape index (κ2) is 44.4. The molecule has 1 amide bonds. The van der Waals surface area contributed by atoms with Crippen LogP contribution in [0.3, 0.4) is 0 Å². The molecule has 0 fully saturated rings. The van der Waals surface area contributed by atoms with Crippen LogP contribution in [0, 0.1) is 0 Å². The van der Waals surface area contributed by atoms with Gasteiger partial charge in [0, 0.05) is 6.42 Å². The summed E-state index contributed by atoms with van der Waals surface area (Å²) in [7, 11) is 0. The van der Waals surface area contributed by atoms with Crippen LogP contribution in [-0.4, -0.2) is 46.9 Å². The smallest absolute Gasteiger partial charge is 0.306 e. The van der Waals surface area contributed by atoms with Gasteiger partial charge in [0.2, 0.25) is 5.91 Å². The molecule has 0 aliphatic carbocycles. The Morgan fingerprint density at radius 3 is 1.51 bits per heavy atom. The number of carbonyl (C=O) groups excluding carboxylic acids is 2. The molecule has 0 saturated heterocycles. The van der Waals surface area contributed by atoms with Crippen LogP contribution >= 0.6 is 0 Å². The topological polar surface area (TPSA) is 95.9 Å². The molecule has 0 aliphatic heterocycles. The highest BCUT2D eigenvalue weighted by Crippen LogP contribution is 2.16. The Morgan fingerprint density at radius 2 is 0.965 bits per heavy atom. The van der Waals surface area contributed by atoms with E-state index in [1.165, 1.54) is 83.5 Å². The van der Waals surface area contributed by atoms with E-state index in [0.29, 0.717) is 19.3 Å². The van der Waals surface area contributed by atoms with Gasteiger partial charge in [-0.2, -0.15) is 0 Å². The quantitative estimate of drug-likeness (QED) is 0.0248. The van der Waals surface area contributed by atoms with Gasteiger partial charge in [-0.3, -0.25) is 9.59 Å². The minimum atomic E-state index is -0.799. The number of amides is 1. The summed E-state index contributed by atoms with van der Waals surface area (Å²) in [6.45, 7) is 6.33. The van der Waals surface area contributed by atoms with Crippen LogP contribution in [0.5, 0.6) is 0 Å². The van der Waals surface area contributed by atoms with E-state index in [-0.39, 0.29) is 24.9 Å². The van der Waals surface area contributed by atoms with E-state index in [1.54, 1.807) is 0 Å². The molecule has 328 valence electrons. The van der Waals surface area contributed by atoms with Gasteiger partial charge in [0.25, 0.3) is 0 Å². The van der Waals surface area contributed by atoms with Gasteiger partial charge in [0.05, 0.1) is 25.2 Å². The number of hydrogen-bond acceptors (Lipinski definition) is 5. The fourth-order valence-corrected chi connectivity index (χ4v) is 6.75. The predicted molar refractivity (Wildman–Crippen MR) is 245 cm³/mol. The largest absolute Gasteiger partial charge is 0.462 e. The van der Waals surface area contributed by atoms with Crippen LogP contribution in [0.25, 0.3) is 0 Å². The molecule has 3 unspecified atom stereocenters. The number of esters is 1. The Bertz CT molecular complexity index is 1070. The molecule has 0 heterocycles. The first-order chi connectivity index (χ1) is 28.0. The number of carbonyl (C=O) groups is 2. The molecule has 57 heavy (non-hydrogen) atoms. The fraction of sp³-hybridized carbons (Fsp3) is 0.725. The van der Waals surface area contributed by atoms with Gasteiger partial charge in [-0.25, -0.2) is 0 Å². The van der Waals surface area contributed by atoms with Gasteiger partial charge >= 0.3 is 5.97 Å². The van der Waals surface area contributed by atoms with Gasteiger partial charge in [-0.05, 0) is 64.2 Å². The highest BCUT2D eigenvalue weighted by molar-refractivity contribution is 5.77. The molecule has 6 heteroatoms. The average Bonchev–Trinajstić information content (AvgIpc) is 3.20. The van der Waals surface area contributed by atoms with Crippen molar-refractivity contribution in [2.24, 2.45) is 0 Å². The number of aliphatic hydroxyl groups is 2. The number of rotatable bonds is 41. The van der Waals surface area contributed by atoms with Crippen LogP contribution in [0.2, 0.25) is 0 Å². The lowest BCUT2D eigenvalue weighted by Crippen LogP contribution is -2.46. The number of nitrogens with one attached hydrogen (secondary N) is 1. The van der Waals surface area contributed by atoms with Gasteiger partial charge in [-0.15, -0.1) is 0 Å². The molecule has 0 aromatic carbocycles. The molecule has 0 saturated carbocycles. The van der Waals surface area contributed by atoms with Crippen LogP contribution in [-0.2, 0) is 14.3 Å². The molecule has 0 rings (SSSR count). The number of allylic oxidation sites excluding steroid dienone is 12. The molecular formula is C51H89NO5. The summed E-state index contributed by atoms with van der Waals surface area (Å²) in [6.07, 6.45) is 55.3. The van der Waals surface area contributed by atoms with Gasteiger partial charge < -0.3 is 20.3 Å². The second-order valence-electron chi connectivity index (χ2n) is 15.9. The summed E-state index contributed by atoms with van der Waals surface area (Å²) < 4.78 is 5.88. The Kier molecular flexibility index (Phi) is 42.3. The highest BCUT2D eigenvalue weighted by Gasteiger charge is 2.24. The molecule has 3 atom stereocenters. The zero-order valence-electron chi connectivity index (χ0n) is 37.2. The Hall–Kier alpha value is -2.70. The highest BCUT2D eigenvalue weighted by atomic mass is 16.5. The lowest BCUT2D eigenvalue weighted by Gasteiger charge is -2.24. The third-order valence-corrected chi connectivity index (χ3v) is 10.4. The van der Waals surface area contributed by atoms with E-state index >= 15 is 0 Å². The Balaban J connectivity index is 4.64. The lowest BCUT2D eigenvalue weighted by atomic mass is 10.0. The normalized spacial score (nSPS) is 14.0. The standard InChI is InChI=1S/C51H89NO5/c1-4-7-10-13-16-19-21-22-23-24-25-26-27-29-32-35-38-41-44-51(56)57-47(42-39-36-33-31-28-20-17-14-11-8-5-2)45-50(55)52-48(46-53)49(54)43-40-37-34-30-18-15-12-9-6-3/h10,13,16,19,21-26,31,33,47-49,53-54H,4-9,11-12,14-15,17-18,20,27-30,32,34-46H2,1-3H3,(H,52,55)/b13-10+,19-16+,22-21+,24-23+,26-25+,33-31-. The number of unbranched alkanes of at least 4 members (excludes halogenated alkanes) is 21. The first-order valence-electron chi connectivity index (χ1n) is 23.7. The predicted octanol–water partition coefficient (Wildman–Crippen LogP) is 13.8. The second-order valence-corrected chi connectivity index (χ2v) is 15.9.